The highest BCUT2D eigenvalue weighted by Crippen LogP contribution is 2.41. The topological polar surface area (TPSA) is 113 Å². The normalized spacial score (nSPS) is 11.6. The average Bonchev–Trinajstić information content (AvgIpc) is 1.55. The largest absolute Gasteiger partial charge is 0.456 e. The average molecular weight is 1280 g/mol. The zero-order valence-corrected chi connectivity index (χ0v) is 53.7. The minimum absolute atomic E-state index is 0.629. The van der Waals surface area contributed by atoms with E-state index in [-0.39, 0.29) is 0 Å². The lowest BCUT2D eigenvalue weighted by Gasteiger charge is -2.12. The van der Waals surface area contributed by atoms with Gasteiger partial charge in [0.2, 0.25) is 0 Å². The van der Waals surface area contributed by atoms with Crippen molar-refractivity contribution in [2.24, 2.45) is 0 Å². The molecule has 6 heterocycles. The maximum atomic E-state index is 6.11. The number of rotatable bonds is 10. The fourth-order valence-corrected chi connectivity index (χ4v) is 14.1. The van der Waals surface area contributed by atoms with Gasteiger partial charge in [-0.15, -0.1) is 0 Å². The summed E-state index contributed by atoms with van der Waals surface area (Å²) in [5.41, 5.74) is 20.6. The van der Waals surface area contributed by atoms with Gasteiger partial charge < -0.3 is 18.0 Å². The van der Waals surface area contributed by atoms with Crippen LogP contribution in [0.5, 0.6) is 0 Å². The van der Waals surface area contributed by atoms with E-state index in [0.717, 1.165) is 127 Å². The molecule has 0 aliphatic rings. The van der Waals surface area contributed by atoms with Crippen molar-refractivity contribution in [3.63, 3.8) is 0 Å². The number of benzene rings is 14. The van der Waals surface area contributed by atoms with E-state index in [4.69, 9.17) is 38.7 Å². The van der Waals surface area contributed by atoms with E-state index in [2.05, 4.69) is 203 Å². The van der Waals surface area contributed by atoms with E-state index < -0.39 is 0 Å². The number of aromatic nitrogens is 8. The van der Waals surface area contributed by atoms with Gasteiger partial charge in [-0.3, -0.25) is 0 Å². The third kappa shape index (κ3) is 10.3. The van der Waals surface area contributed by atoms with E-state index in [1.54, 1.807) is 0 Å². The second kappa shape index (κ2) is 24.2. The monoisotopic (exact) mass is 1280 g/mol. The van der Waals surface area contributed by atoms with Crippen molar-refractivity contribution < 1.29 is 8.83 Å². The second-order valence-corrected chi connectivity index (χ2v) is 25.0. The molecule has 0 saturated heterocycles. The highest BCUT2D eigenvalue weighted by Gasteiger charge is 2.20. The molecule has 6 aromatic heterocycles. The van der Waals surface area contributed by atoms with Crippen molar-refractivity contribution in [2.45, 2.75) is 0 Å². The standard InChI is InChI=1S/2C45H28N4O/c1-3-12-29(13-4-1)43-46-44(30-14-5-2-6-15-30)48-45(47-43)33-16-11-17-34(26-33)49-39-20-9-7-18-35(39)37-27-31(22-24-40(37)49)32-23-25-42-38(28-32)36-19-8-10-21-41(36)50-42;1-3-11-29(12-4-1)43-46-44(30-13-5-2-6-14-30)48-45(47-43)31-19-23-34(24-20-31)49-39-17-9-7-15-35(39)37-27-32(21-25-40(37)49)33-22-26-42-38(28-33)36-16-8-10-18-41(36)50-42/h2*1-28H. The number of nitrogens with zero attached hydrogens (tertiary/aromatic N) is 8. The first-order chi connectivity index (χ1) is 49.5. The Morgan fingerprint density at radius 2 is 0.460 bits per heavy atom. The van der Waals surface area contributed by atoms with Crippen molar-refractivity contribution in [1.82, 2.24) is 39.0 Å². The van der Waals surface area contributed by atoms with Crippen LogP contribution < -0.4 is 0 Å². The van der Waals surface area contributed by atoms with E-state index in [0.29, 0.717) is 34.9 Å². The van der Waals surface area contributed by atoms with Gasteiger partial charge in [0, 0.05) is 87.8 Å². The number of hydrogen-bond acceptors (Lipinski definition) is 8. The number of furan rings is 2. The molecule has 0 unspecified atom stereocenters. The Balaban J connectivity index is 0.000000139. The Labute approximate surface area is 573 Å². The quantitative estimate of drug-likeness (QED) is 0.133. The first kappa shape index (κ1) is 57.7. The summed E-state index contributed by atoms with van der Waals surface area (Å²) < 4.78 is 16.9. The summed E-state index contributed by atoms with van der Waals surface area (Å²) in [6.07, 6.45) is 0. The molecule has 14 aromatic carbocycles. The van der Waals surface area contributed by atoms with Crippen LogP contribution in [0.25, 0.3) is 189 Å². The molecule has 10 heteroatoms. The molecule has 0 radical (unpaired) electrons. The summed E-state index contributed by atoms with van der Waals surface area (Å²) in [6.45, 7) is 0. The lowest BCUT2D eigenvalue weighted by Crippen LogP contribution is -2.01. The molecule has 20 rings (SSSR count). The fourth-order valence-electron chi connectivity index (χ4n) is 14.1. The van der Waals surface area contributed by atoms with Gasteiger partial charge in [-0.25, -0.2) is 29.9 Å². The van der Waals surface area contributed by atoms with Crippen LogP contribution in [-0.2, 0) is 0 Å². The summed E-state index contributed by atoms with van der Waals surface area (Å²) in [6, 6.07) is 117. The molecule has 0 aliphatic heterocycles. The minimum atomic E-state index is 0.629. The van der Waals surface area contributed by atoms with Crippen molar-refractivity contribution >= 4 is 87.5 Å². The molecule has 0 atom stereocenters. The first-order valence-corrected chi connectivity index (χ1v) is 33.4. The van der Waals surface area contributed by atoms with E-state index in [9.17, 15) is 0 Å². The van der Waals surface area contributed by atoms with Gasteiger partial charge in [0.25, 0.3) is 0 Å². The third-order valence-electron chi connectivity index (χ3n) is 18.9. The number of para-hydroxylation sites is 4. The number of fused-ring (bicyclic) bond motifs is 12. The van der Waals surface area contributed by atoms with Crippen LogP contribution in [0, 0.1) is 0 Å². The zero-order chi connectivity index (χ0) is 66.0. The summed E-state index contributed by atoms with van der Waals surface area (Å²) >= 11 is 0. The lowest BCUT2D eigenvalue weighted by atomic mass is 10.0. The molecule has 468 valence electrons. The molecule has 0 spiro atoms. The summed E-state index contributed by atoms with van der Waals surface area (Å²) in [5, 5.41) is 9.33. The predicted octanol–water partition coefficient (Wildman–Crippen LogP) is 23.1. The predicted molar refractivity (Wildman–Crippen MR) is 406 cm³/mol. The van der Waals surface area contributed by atoms with Gasteiger partial charge >= 0.3 is 0 Å². The minimum Gasteiger partial charge on any atom is -0.456 e. The Bertz CT molecular complexity index is 6400. The molecule has 0 amide bonds. The van der Waals surface area contributed by atoms with E-state index >= 15 is 0 Å². The van der Waals surface area contributed by atoms with Gasteiger partial charge in [0.1, 0.15) is 22.3 Å². The SMILES string of the molecule is c1ccc(-c2nc(-c3ccccc3)nc(-c3ccc(-n4c5ccccc5c5cc(-c6ccc7oc8ccccc8c7c6)ccc54)cc3)n2)cc1.c1ccc(-c2nc(-c3ccccc3)nc(-c3cccc(-n4c5ccccc5c5cc(-c6ccc7oc8ccccc8c7c6)ccc54)c3)n2)cc1. The second-order valence-electron chi connectivity index (χ2n) is 25.0. The molecule has 20 aromatic rings. The van der Waals surface area contributed by atoms with Crippen LogP contribution in [0.4, 0.5) is 0 Å². The fraction of sp³-hybridized carbons (Fsp3) is 0. The van der Waals surface area contributed by atoms with Crippen LogP contribution in [-0.4, -0.2) is 39.0 Å². The molecule has 0 aliphatic carbocycles. The zero-order valence-electron chi connectivity index (χ0n) is 53.7. The molecular weight excluding hydrogens is 1230 g/mol. The number of hydrogen-bond donors (Lipinski definition) is 0. The van der Waals surface area contributed by atoms with Gasteiger partial charge in [0.15, 0.2) is 34.9 Å². The van der Waals surface area contributed by atoms with E-state index in [1.165, 1.54) is 27.1 Å². The maximum Gasteiger partial charge on any atom is 0.164 e. The molecule has 0 bridgehead atoms. The lowest BCUT2D eigenvalue weighted by molar-refractivity contribution is 0.668. The van der Waals surface area contributed by atoms with Crippen LogP contribution in [0.1, 0.15) is 0 Å². The van der Waals surface area contributed by atoms with Gasteiger partial charge in [-0.05, 0) is 131 Å². The Kier molecular flexibility index (Phi) is 14.0. The molecule has 0 fully saturated rings. The van der Waals surface area contributed by atoms with Crippen LogP contribution in [0.3, 0.4) is 0 Å². The van der Waals surface area contributed by atoms with Crippen molar-refractivity contribution in [3.05, 3.63) is 340 Å². The van der Waals surface area contributed by atoms with E-state index in [1.807, 2.05) is 146 Å². The molecular formula is C90H56N8O2. The Morgan fingerprint density at radius 1 is 0.170 bits per heavy atom. The smallest absolute Gasteiger partial charge is 0.164 e. The van der Waals surface area contributed by atoms with Gasteiger partial charge in [-0.1, -0.05) is 231 Å². The molecule has 0 N–H and O–H groups in total. The van der Waals surface area contributed by atoms with Crippen LogP contribution >= 0.6 is 0 Å². The summed E-state index contributed by atoms with van der Waals surface area (Å²) in [5.74, 6) is 3.86. The Hall–Kier alpha value is -13.7. The van der Waals surface area contributed by atoms with Crippen molar-refractivity contribution in [1.29, 1.82) is 0 Å². The maximum absolute atomic E-state index is 6.11. The third-order valence-corrected chi connectivity index (χ3v) is 18.9. The van der Waals surface area contributed by atoms with Crippen LogP contribution in [0.2, 0.25) is 0 Å². The van der Waals surface area contributed by atoms with Crippen molar-refractivity contribution in [3.8, 4) is 102 Å². The van der Waals surface area contributed by atoms with Crippen LogP contribution in [0.15, 0.2) is 349 Å². The summed E-state index contributed by atoms with van der Waals surface area (Å²) in [7, 11) is 0. The summed E-state index contributed by atoms with van der Waals surface area (Å²) in [4.78, 5) is 29.6. The van der Waals surface area contributed by atoms with Crippen molar-refractivity contribution in [2.75, 3.05) is 0 Å². The molecule has 0 saturated carbocycles. The molecule has 10 nitrogen and oxygen atoms in total. The van der Waals surface area contributed by atoms with Gasteiger partial charge in [0.05, 0.1) is 22.1 Å². The Morgan fingerprint density at radius 3 is 0.880 bits per heavy atom. The highest BCUT2D eigenvalue weighted by molar-refractivity contribution is 6.13. The molecule has 100 heavy (non-hydrogen) atoms. The first-order valence-electron chi connectivity index (χ1n) is 33.4. The van der Waals surface area contributed by atoms with Gasteiger partial charge in [-0.2, -0.15) is 0 Å². The highest BCUT2D eigenvalue weighted by atomic mass is 16.3.